The summed E-state index contributed by atoms with van der Waals surface area (Å²) in [6.45, 7) is 2.96. The molecule has 1 aliphatic rings. The van der Waals surface area contributed by atoms with Gasteiger partial charge < -0.3 is 11.1 Å². The van der Waals surface area contributed by atoms with E-state index in [1.807, 2.05) is 19.1 Å². The highest BCUT2D eigenvalue weighted by Gasteiger charge is 2.19. The van der Waals surface area contributed by atoms with Gasteiger partial charge in [0.15, 0.2) is 0 Å². The summed E-state index contributed by atoms with van der Waals surface area (Å²) in [6, 6.07) is 3.84. The van der Waals surface area contributed by atoms with Crippen molar-refractivity contribution < 1.29 is 0 Å². The fourth-order valence-corrected chi connectivity index (χ4v) is 1.71. The number of pyridine rings is 1. The second-order valence-electron chi connectivity index (χ2n) is 4.40. The summed E-state index contributed by atoms with van der Waals surface area (Å²) in [5, 5.41) is 3.30. The minimum Gasteiger partial charge on any atom is -0.396 e. The average molecular weight is 205 g/mol. The summed E-state index contributed by atoms with van der Waals surface area (Å²) in [5.41, 5.74) is 7.57. The van der Waals surface area contributed by atoms with Crippen LogP contribution in [0, 0.1) is 12.8 Å². The van der Waals surface area contributed by atoms with Gasteiger partial charge in [-0.15, -0.1) is 0 Å². The molecule has 0 radical (unpaired) electrons. The fourth-order valence-electron chi connectivity index (χ4n) is 1.71. The van der Waals surface area contributed by atoms with Crippen molar-refractivity contribution in [1.82, 2.24) is 4.98 Å². The number of anilines is 2. The van der Waals surface area contributed by atoms with Crippen molar-refractivity contribution in [2.75, 3.05) is 17.6 Å². The number of aromatic nitrogens is 1. The van der Waals surface area contributed by atoms with Crippen LogP contribution in [0.15, 0.2) is 12.1 Å². The number of hydrogen-bond acceptors (Lipinski definition) is 3. The smallest absolute Gasteiger partial charge is 0.149 e. The summed E-state index contributed by atoms with van der Waals surface area (Å²) in [6.07, 6.45) is 5.44. The van der Waals surface area contributed by atoms with E-state index in [1.54, 1.807) is 0 Å². The molecule has 1 fully saturated rings. The lowest BCUT2D eigenvalue weighted by Crippen LogP contribution is -2.06. The molecule has 15 heavy (non-hydrogen) atoms. The summed E-state index contributed by atoms with van der Waals surface area (Å²) < 4.78 is 0. The van der Waals surface area contributed by atoms with Gasteiger partial charge in [0, 0.05) is 12.2 Å². The largest absolute Gasteiger partial charge is 0.396 e. The molecule has 0 spiro atoms. The van der Waals surface area contributed by atoms with Crippen LogP contribution < -0.4 is 11.1 Å². The lowest BCUT2D eigenvalue weighted by Gasteiger charge is -2.08. The van der Waals surface area contributed by atoms with Gasteiger partial charge in [0.1, 0.15) is 5.82 Å². The molecule has 1 aromatic heterocycles. The van der Waals surface area contributed by atoms with E-state index in [2.05, 4.69) is 10.3 Å². The second kappa shape index (κ2) is 4.51. The van der Waals surface area contributed by atoms with Crippen molar-refractivity contribution in [3.8, 4) is 0 Å². The van der Waals surface area contributed by atoms with Crippen LogP contribution in [-0.2, 0) is 0 Å². The zero-order valence-electron chi connectivity index (χ0n) is 9.29. The third kappa shape index (κ3) is 3.11. The van der Waals surface area contributed by atoms with Gasteiger partial charge in [-0.2, -0.15) is 0 Å². The summed E-state index contributed by atoms with van der Waals surface area (Å²) in [4.78, 5) is 4.37. The summed E-state index contributed by atoms with van der Waals surface area (Å²) in [5.74, 6) is 1.85. The Bertz CT molecular complexity index is 332. The van der Waals surface area contributed by atoms with Crippen LogP contribution >= 0.6 is 0 Å². The normalized spacial score (nSPS) is 15.3. The van der Waals surface area contributed by atoms with Crippen LogP contribution in [0.3, 0.4) is 0 Å². The first-order chi connectivity index (χ1) is 7.25. The first-order valence-electron chi connectivity index (χ1n) is 5.72. The van der Waals surface area contributed by atoms with Crippen LogP contribution in [0.1, 0.15) is 31.4 Å². The maximum Gasteiger partial charge on any atom is 0.149 e. The Hall–Kier alpha value is -1.25. The number of aryl methyl sites for hydroxylation is 1. The Morgan fingerprint density at radius 3 is 3.00 bits per heavy atom. The molecular formula is C12H19N3. The highest BCUT2D eigenvalue weighted by molar-refractivity contribution is 5.61. The molecule has 1 aliphatic carbocycles. The fraction of sp³-hybridized carbons (Fsp3) is 0.583. The molecule has 3 nitrogen and oxygen atoms in total. The number of nitrogens with two attached hydrogens (primary N) is 1. The Labute approximate surface area is 91.1 Å². The van der Waals surface area contributed by atoms with Crippen LogP contribution in [0.25, 0.3) is 0 Å². The van der Waals surface area contributed by atoms with Crippen molar-refractivity contribution in [3.63, 3.8) is 0 Å². The molecule has 2 rings (SSSR count). The quantitative estimate of drug-likeness (QED) is 0.726. The van der Waals surface area contributed by atoms with E-state index < -0.39 is 0 Å². The number of nitrogens with one attached hydrogen (secondary N) is 1. The molecule has 1 aromatic rings. The molecule has 0 amide bonds. The lowest BCUT2D eigenvalue weighted by atomic mass is 10.2. The van der Waals surface area contributed by atoms with Gasteiger partial charge in [0.05, 0.1) is 5.69 Å². The lowest BCUT2D eigenvalue weighted by molar-refractivity contribution is 0.686. The van der Waals surface area contributed by atoms with Crippen molar-refractivity contribution in [3.05, 3.63) is 17.8 Å². The molecule has 0 bridgehead atoms. The van der Waals surface area contributed by atoms with Crippen molar-refractivity contribution in [2.24, 2.45) is 5.92 Å². The zero-order valence-corrected chi connectivity index (χ0v) is 9.29. The molecular weight excluding hydrogens is 186 g/mol. The summed E-state index contributed by atoms with van der Waals surface area (Å²) in [7, 11) is 0. The predicted molar refractivity (Wildman–Crippen MR) is 63.8 cm³/mol. The van der Waals surface area contributed by atoms with E-state index in [4.69, 9.17) is 5.73 Å². The summed E-state index contributed by atoms with van der Waals surface area (Å²) >= 11 is 0. The van der Waals surface area contributed by atoms with Gasteiger partial charge in [-0.05, 0) is 37.8 Å². The number of rotatable bonds is 5. The molecule has 0 unspecified atom stereocenters. The van der Waals surface area contributed by atoms with E-state index in [1.165, 1.54) is 25.7 Å². The maximum absolute atomic E-state index is 5.82. The van der Waals surface area contributed by atoms with Crippen LogP contribution in [0.5, 0.6) is 0 Å². The number of nitrogen functional groups attached to an aromatic ring is 1. The topological polar surface area (TPSA) is 50.9 Å². The van der Waals surface area contributed by atoms with E-state index in [0.29, 0.717) is 0 Å². The van der Waals surface area contributed by atoms with Gasteiger partial charge in [0.25, 0.3) is 0 Å². The van der Waals surface area contributed by atoms with Crippen molar-refractivity contribution in [1.29, 1.82) is 0 Å². The number of nitrogens with zero attached hydrogens (tertiary/aromatic N) is 1. The Morgan fingerprint density at radius 1 is 1.47 bits per heavy atom. The van der Waals surface area contributed by atoms with Crippen molar-refractivity contribution in [2.45, 2.75) is 32.6 Å². The SMILES string of the molecule is Cc1ccc(N)c(NCCCC2CC2)n1. The first-order valence-corrected chi connectivity index (χ1v) is 5.72. The van der Waals surface area contributed by atoms with Gasteiger partial charge in [-0.3, -0.25) is 0 Å². The van der Waals surface area contributed by atoms with Gasteiger partial charge >= 0.3 is 0 Å². The standard InChI is InChI=1S/C12H19N3/c1-9-4-7-11(13)12(15-9)14-8-2-3-10-5-6-10/h4,7,10H,2-3,5-6,8,13H2,1H3,(H,14,15). The van der Waals surface area contributed by atoms with Gasteiger partial charge in [0.2, 0.25) is 0 Å². The van der Waals surface area contributed by atoms with E-state index in [9.17, 15) is 0 Å². The van der Waals surface area contributed by atoms with E-state index >= 15 is 0 Å². The Kier molecular flexibility index (Phi) is 3.09. The molecule has 0 atom stereocenters. The zero-order chi connectivity index (χ0) is 10.7. The minimum atomic E-state index is 0.743. The molecule has 1 heterocycles. The van der Waals surface area contributed by atoms with Crippen LogP contribution in [0.4, 0.5) is 11.5 Å². The highest BCUT2D eigenvalue weighted by atomic mass is 15.0. The molecule has 1 saturated carbocycles. The molecule has 0 aromatic carbocycles. The Morgan fingerprint density at radius 2 is 2.27 bits per heavy atom. The second-order valence-corrected chi connectivity index (χ2v) is 4.40. The van der Waals surface area contributed by atoms with Gasteiger partial charge in [-0.25, -0.2) is 4.98 Å². The Balaban J connectivity index is 1.78. The molecule has 82 valence electrons. The van der Waals surface area contributed by atoms with E-state index in [-0.39, 0.29) is 0 Å². The minimum absolute atomic E-state index is 0.743. The molecule has 3 heteroatoms. The molecule has 3 N–H and O–H groups in total. The van der Waals surface area contributed by atoms with Gasteiger partial charge in [-0.1, -0.05) is 12.8 Å². The number of hydrogen-bond donors (Lipinski definition) is 2. The average Bonchev–Trinajstić information content (AvgIpc) is 3.01. The predicted octanol–water partition coefficient (Wildman–Crippen LogP) is 2.57. The van der Waals surface area contributed by atoms with Crippen LogP contribution in [-0.4, -0.2) is 11.5 Å². The van der Waals surface area contributed by atoms with Crippen LogP contribution in [0.2, 0.25) is 0 Å². The third-order valence-electron chi connectivity index (χ3n) is 2.84. The third-order valence-corrected chi connectivity index (χ3v) is 2.84. The van der Waals surface area contributed by atoms with E-state index in [0.717, 1.165) is 29.7 Å². The first kappa shape index (κ1) is 10.3. The highest BCUT2D eigenvalue weighted by Crippen LogP contribution is 2.33. The maximum atomic E-state index is 5.82. The van der Waals surface area contributed by atoms with Crippen molar-refractivity contribution >= 4 is 11.5 Å². The monoisotopic (exact) mass is 205 g/mol. The molecule has 0 saturated heterocycles. The molecule has 0 aliphatic heterocycles.